The number of hydrogen-bond donors (Lipinski definition) is 1. The summed E-state index contributed by atoms with van der Waals surface area (Å²) in [6.07, 6.45) is 1.36. The predicted molar refractivity (Wildman–Crippen MR) is 42.6 cm³/mol. The molecular formula is C8H19N. The summed E-state index contributed by atoms with van der Waals surface area (Å²) in [6, 6.07) is 0.764. The maximum atomic E-state index is 3.37. The third-order valence-electron chi connectivity index (χ3n) is 1.92. The summed E-state index contributed by atoms with van der Waals surface area (Å²) in [5.74, 6) is 0.903. The first-order valence-corrected chi connectivity index (χ1v) is 4.04. The fraction of sp³-hybridized carbons (Fsp3) is 1.00. The smallest absolute Gasteiger partial charge is 0.00648 e. The van der Waals surface area contributed by atoms with Crippen LogP contribution in [0.5, 0.6) is 0 Å². The second kappa shape index (κ2) is 4.80. The van der Waals surface area contributed by atoms with Crippen LogP contribution in [0.15, 0.2) is 0 Å². The Bertz CT molecular complexity index is 53.6. The Hall–Kier alpha value is -0.0400. The lowest BCUT2D eigenvalue weighted by molar-refractivity contribution is 0.519. The zero-order valence-corrected chi connectivity index (χ0v) is 7.07. The maximum Gasteiger partial charge on any atom is 0.00648 e. The molecule has 0 radical (unpaired) electrons. The summed E-state index contributed by atoms with van der Waals surface area (Å²) < 4.78 is 0. The van der Waals surface area contributed by atoms with Crippen LogP contribution in [0.4, 0.5) is 0 Å². The minimum Gasteiger partial charge on any atom is -0.314 e. The molecule has 1 aliphatic heterocycles. The summed E-state index contributed by atoms with van der Waals surface area (Å²) in [7, 11) is 0. The van der Waals surface area contributed by atoms with E-state index in [0.29, 0.717) is 0 Å². The minimum atomic E-state index is 0.764. The van der Waals surface area contributed by atoms with Gasteiger partial charge in [-0.3, -0.25) is 0 Å². The number of rotatable bonds is 0. The Morgan fingerprint density at radius 3 is 1.89 bits per heavy atom. The molecule has 1 nitrogen and oxygen atoms in total. The Labute approximate surface area is 58.8 Å². The van der Waals surface area contributed by atoms with E-state index < -0.39 is 0 Å². The molecule has 1 saturated heterocycles. The molecular weight excluding hydrogens is 110 g/mol. The van der Waals surface area contributed by atoms with Crippen LogP contribution in [0.2, 0.25) is 0 Å². The van der Waals surface area contributed by atoms with Crippen molar-refractivity contribution >= 4 is 0 Å². The van der Waals surface area contributed by atoms with Gasteiger partial charge in [-0.2, -0.15) is 0 Å². The molecule has 0 unspecified atom stereocenters. The Morgan fingerprint density at radius 1 is 1.22 bits per heavy atom. The fourth-order valence-corrected chi connectivity index (χ4v) is 0.990. The van der Waals surface area contributed by atoms with Gasteiger partial charge in [0.15, 0.2) is 0 Å². The molecule has 56 valence electrons. The summed E-state index contributed by atoms with van der Waals surface area (Å²) >= 11 is 0. The maximum absolute atomic E-state index is 3.37. The van der Waals surface area contributed by atoms with Gasteiger partial charge in [-0.1, -0.05) is 20.8 Å². The van der Waals surface area contributed by atoms with Gasteiger partial charge in [0.25, 0.3) is 0 Å². The average molecular weight is 129 g/mol. The quantitative estimate of drug-likeness (QED) is 0.527. The average Bonchev–Trinajstić information content (AvgIpc) is 2.23. The topological polar surface area (TPSA) is 12.0 Å². The first kappa shape index (κ1) is 8.96. The first-order chi connectivity index (χ1) is 4.30. The van der Waals surface area contributed by atoms with Gasteiger partial charge in [0, 0.05) is 6.04 Å². The van der Waals surface area contributed by atoms with E-state index in [9.17, 15) is 0 Å². The van der Waals surface area contributed by atoms with Crippen molar-refractivity contribution in [2.45, 2.75) is 40.2 Å². The Morgan fingerprint density at radius 2 is 1.78 bits per heavy atom. The second-order valence-electron chi connectivity index (χ2n) is 2.51. The van der Waals surface area contributed by atoms with E-state index in [0.717, 1.165) is 12.0 Å². The van der Waals surface area contributed by atoms with Crippen LogP contribution in [0.3, 0.4) is 0 Å². The zero-order valence-electron chi connectivity index (χ0n) is 7.07. The van der Waals surface area contributed by atoms with Gasteiger partial charge in [0.2, 0.25) is 0 Å². The molecule has 1 N–H and O–H groups in total. The van der Waals surface area contributed by atoms with Gasteiger partial charge in [-0.05, 0) is 25.8 Å². The lowest BCUT2D eigenvalue weighted by atomic mass is 10.1. The molecule has 0 amide bonds. The van der Waals surface area contributed by atoms with E-state index >= 15 is 0 Å². The fourth-order valence-electron chi connectivity index (χ4n) is 0.990. The lowest BCUT2D eigenvalue weighted by Gasteiger charge is -2.05. The molecule has 0 aromatic carbocycles. The lowest BCUT2D eigenvalue weighted by Crippen LogP contribution is -2.20. The van der Waals surface area contributed by atoms with Crippen molar-refractivity contribution < 1.29 is 0 Å². The standard InChI is InChI=1S/C6H13N.C2H6/c1-5-3-4-7-6(5)2;1-2/h5-7H,3-4H2,1-2H3;1-2H3/t5-,6+;/m1./s1. The first-order valence-electron chi connectivity index (χ1n) is 4.04. The van der Waals surface area contributed by atoms with E-state index in [1.807, 2.05) is 13.8 Å². The van der Waals surface area contributed by atoms with E-state index in [2.05, 4.69) is 19.2 Å². The van der Waals surface area contributed by atoms with Crippen molar-refractivity contribution in [1.82, 2.24) is 5.32 Å². The summed E-state index contributed by atoms with van der Waals surface area (Å²) in [5, 5.41) is 3.37. The van der Waals surface area contributed by atoms with Crippen molar-refractivity contribution in [1.29, 1.82) is 0 Å². The number of hydrogen-bond acceptors (Lipinski definition) is 1. The molecule has 1 aliphatic rings. The van der Waals surface area contributed by atoms with Crippen molar-refractivity contribution in [3.8, 4) is 0 Å². The normalized spacial score (nSPS) is 33.3. The molecule has 0 aromatic heterocycles. The van der Waals surface area contributed by atoms with Crippen molar-refractivity contribution in [3.63, 3.8) is 0 Å². The highest BCUT2D eigenvalue weighted by Gasteiger charge is 2.16. The third-order valence-corrected chi connectivity index (χ3v) is 1.92. The van der Waals surface area contributed by atoms with E-state index in [1.165, 1.54) is 13.0 Å². The van der Waals surface area contributed by atoms with Crippen LogP contribution in [0.1, 0.15) is 34.1 Å². The molecule has 1 rings (SSSR count). The van der Waals surface area contributed by atoms with E-state index in [-0.39, 0.29) is 0 Å². The molecule has 0 aromatic rings. The summed E-state index contributed by atoms with van der Waals surface area (Å²) in [5.41, 5.74) is 0. The minimum absolute atomic E-state index is 0.764. The largest absolute Gasteiger partial charge is 0.314 e. The molecule has 2 atom stereocenters. The van der Waals surface area contributed by atoms with Crippen molar-refractivity contribution in [2.24, 2.45) is 5.92 Å². The van der Waals surface area contributed by atoms with Gasteiger partial charge in [-0.15, -0.1) is 0 Å². The second-order valence-corrected chi connectivity index (χ2v) is 2.51. The molecule has 1 fully saturated rings. The molecule has 1 heterocycles. The van der Waals surface area contributed by atoms with E-state index in [1.54, 1.807) is 0 Å². The summed E-state index contributed by atoms with van der Waals surface area (Å²) in [4.78, 5) is 0. The van der Waals surface area contributed by atoms with Crippen LogP contribution in [0.25, 0.3) is 0 Å². The van der Waals surface area contributed by atoms with Gasteiger partial charge >= 0.3 is 0 Å². The Kier molecular flexibility index (Phi) is 4.78. The van der Waals surface area contributed by atoms with Crippen molar-refractivity contribution in [2.75, 3.05) is 6.54 Å². The SMILES string of the molecule is CC.C[C@@H]1CCN[C@H]1C. The highest BCUT2D eigenvalue weighted by molar-refractivity contribution is 4.75. The zero-order chi connectivity index (χ0) is 7.28. The highest BCUT2D eigenvalue weighted by atomic mass is 14.9. The highest BCUT2D eigenvalue weighted by Crippen LogP contribution is 2.12. The van der Waals surface area contributed by atoms with Gasteiger partial charge in [0.1, 0.15) is 0 Å². The monoisotopic (exact) mass is 129 g/mol. The Balaban J connectivity index is 0.000000291. The van der Waals surface area contributed by atoms with Gasteiger partial charge in [0.05, 0.1) is 0 Å². The van der Waals surface area contributed by atoms with Crippen LogP contribution >= 0.6 is 0 Å². The van der Waals surface area contributed by atoms with E-state index in [4.69, 9.17) is 0 Å². The number of nitrogens with one attached hydrogen (secondary N) is 1. The van der Waals surface area contributed by atoms with Gasteiger partial charge < -0.3 is 5.32 Å². The van der Waals surface area contributed by atoms with Crippen LogP contribution in [0, 0.1) is 5.92 Å². The van der Waals surface area contributed by atoms with Crippen molar-refractivity contribution in [3.05, 3.63) is 0 Å². The molecule has 0 spiro atoms. The summed E-state index contributed by atoms with van der Waals surface area (Å²) in [6.45, 7) is 9.77. The molecule has 0 saturated carbocycles. The predicted octanol–water partition coefficient (Wildman–Crippen LogP) is 2.03. The van der Waals surface area contributed by atoms with Gasteiger partial charge in [-0.25, -0.2) is 0 Å². The molecule has 9 heavy (non-hydrogen) atoms. The van der Waals surface area contributed by atoms with Crippen LogP contribution in [-0.4, -0.2) is 12.6 Å². The molecule has 0 aliphatic carbocycles. The molecule has 1 heteroatoms. The van der Waals surface area contributed by atoms with Crippen LogP contribution < -0.4 is 5.32 Å². The molecule has 0 bridgehead atoms. The third kappa shape index (κ3) is 2.85. The van der Waals surface area contributed by atoms with Crippen LogP contribution in [-0.2, 0) is 0 Å².